The van der Waals surface area contributed by atoms with Gasteiger partial charge in [0.15, 0.2) is 0 Å². The van der Waals surface area contributed by atoms with Crippen LogP contribution in [0.15, 0.2) is 35.5 Å². The molecule has 0 aliphatic heterocycles. The zero-order valence-electron chi connectivity index (χ0n) is 12.7. The summed E-state index contributed by atoms with van der Waals surface area (Å²) in [6.45, 7) is 6.66. The van der Waals surface area contributed by atoms with E-state index in [1.54, 1.807) is 0 Å². The van der Waals surface area contributed by atoms with Crippen LogP contribution in [0, 0.1) is 5.92 Å². The summed E-state index contributed by atoms with van der Waals surface area (Å²) in [5, 5.41) is 15.5. The Balaban J connectivity index is 2.73. The molecule has 0 amide bonds. The van der Waals surface area contributed by atoms with Crippen LogP contribution in [0.4, 0.5) is 0 Å². The van der Waals surface area contributed by atoms with Gasteiger partial charge in [-0.05, 0) is 24.8 Å². The van der Waals surface area contributed by atoms with Crippen LogP contribution in [0.25, 0.3) is 0 Å². The molecule has 0 aromatic heterocycles. The molecule has 3 unspecified atom stereocenters. The third-order valence-corrected chi connectivity index (χ3v) is 3.68. The van der Waals surface area contributed by atoms with Gasteiger partial charge < -0.3 is 16.3 Å². The minimum absolute atomic E-state index is 0.0751. The molecule has 0 saturated carbocycles. The van der Waals surface area contributed by atoms with E-state index in [1.165, 1.54) is 6.42 Å². The minimum Gasteiger partial charge on any atom is -0.409 e. The van der Waals surface area contributed by atoms with Gasteiger partial charge in [0.2, 0.25) is 0 Å². The molecular formula is C16H27N3O. The zero-order valence-corrected chi connectivity index (χ0v) is 12.7. The summed E-state index contributed by atoms with van der Waals surface area (Å²) in [7, 11) is 0. The molecule has 4 heteroatoms. The van der Waals surface area contributed by atoms with Gasteiger partial charge in [0.1, 0.15) is 5.84 Å². The average molecular weight is 277 g/mol. The van der Waals surface area contributed by atoms with Crippen LogP contribution in [0.3, 0.4) is 0 Å². The van der Waals surface area contributed by atoms with Gasteiger partial charge in [0.05, 0.1) is 0 Å². The van der Waals surface area contributed by atoms with E-state index in [2.05, 4.69) is 43.4 Å². The van der Waals surface area contributed by atoms with Gasteiger partial charge in [-0.2, -0.15) is 0 Å². The number of rotatable bonds is 8. The molecule has 1 aromatic rings. The number of oxime groups is 1. The normalized spacial score (nSPS) is 16.6. The molecule has 4 N–H and O–H groups in total. The first-order valence-electron chi connectivity index (χ1n) is 7.34. The van der Waals surface area contributed by atoms with Crippen molar-refractivity contribution in [2.45, 2.75) is 52.1 Å². The molecule has 0 aliphatic carbocycles. The van der Waals surface area contributed by atoms with E-state index in [0.717, 1.165) is 12.0 Å². The van der Waals surface area contributed by atoms with Crippen molar-refractivity contribution in [2.24, 2.45) is 16.8 Å². The molecule has 1 aromatic carbocycles. The number of benzene rings is 1. The third kappa shape index (κ3) is 5.61. The molecule has 0 fully saturated rings. The molecule has 4 nitrogen and oxygen atoms in total. The predicted octanol–water partition coefficient (Wildman–Crippen LogP) is 3.28. The molecular weight excluding hydrogens is 250 g/mol. The molecule has 20 heavy (non-hydrogen) atoms. The number of hydrogen-bond donors (Lipinski definition) is 3. The van der Waals surface area contributed by atoms with Gasteiger partial charge in [0.25, 0.3) is 0 Å². The molecule has 3 atom stereocenters. The highest BCUT2D eigenvalue weighted by atomic mass is 16.4. The minimum atomic E-state index is 0.0751. The lowest BCUT2D eigenvalue weighted by atomic mass is 9.97. The summed E-state index contributed by atoms with van der Waals surface area (Å²) in [6, 6.07) is 10.6. The number of nitrogens with zero attached hydrogens (tertiary/aromatic N) is 1. The van der Waals surface area contributed by atoms with Crippen molar-refractivity contribution in [2.75, 3.05) is 0 Å². The highest BCUT2D eigenvalue weighted by molar-refractivity contribution is 5.80. The second kappa shape index (κ2) is 8.59. The van der Waals surface area contributed by atoms with E-state index in [1.807, 2.05) is 18.2 Å². The van der Waals surface area contributed by atoms with Gasteiger partial charge in [-0.25, -0.2) is 0 Å². The fourth-order valence-corrected chi connectivity index (χ4v) is 2.39. The van der Waals surface area contributed by atoms with Crippen molar-refractivity contribution >= 4 is 5.84 Å². The molecule has 1 rings (SSSR count). The summed E-state index contributed by atoms with van der Waals surface area (Å²) in [6.07, 6.45) is 2.81. The van der Waals surface area contributed by atoms with Gasteiger partial charge in [-0.1, -0.05) is 55.8 Å². The predicted molar refractivity (Wildman–Crippen MR) is 83.9 cm³/mol. The van der Waals surface area contributed by atoms with Crippen LogP contribution in [0.1, 0.15) is 51.6 Å². The monoisotopic (exact) mass is 277 g/mol. The molecule has 0 heterocycles. The van der Waals surface area contributed by atoms with E-state index in [-0.39, 0.29) is 11.9 Å². The summed E-state index contributed by atoms with van der Waals surface area (Å²) >= 11 is 0. The van der Waals surface area contributed by atoms with Crippen LogP contribution in [-0.4, -0.2) is 17.1 Å². The van der Waals surface area contributed by atoms with Gasteiger partial charge in [0, 0.05) is 18.5 Å². The Morgan fingerprint density at radius 3 is 2.50 bits per heavy atom. The number of nitrogens with one attached hydrogen (secondary N) is 1. The topological polar surface area (TPSA) is 70.6 Å². The number of nitrogens with two attached hydrogens (primary N) is 1. The molecule has 0 aliphatic rings. The summed E-state index contributed by atoms with van der Waals surface area (Å²) < 4.78 is 0. The van der Waals surface area contributed by atoms with Crippen LogP contribution in [0.2, 0.25) is 0 Å². The molecule has 112 valence electrons. The fourth-order valence-electron chi connectivity index (χ4n) is 2.39. The highest BCUT2D eigenvalue weighted by Crippen LogP contribution is 2.19. The number of hydrogen-bond acceptors (Lipinski definition) is 3. The third-order valence-electron chi connectivity index (χ3n) is 3.68. The summed E-state index contributed by atoms with van der Waals surface area (Å²) in [5.41, 5.74) is 6.84. The number of amidine groups is 1. The van der Waals surface area contributed by atoms with Crippen LogP contribution in [0.5, 0.6) is 0 Å². The van der Waals surface area contributed by atoms with Crippen molar-refractivity contribution in [3.63, 3.8) is 0 Å². The van der Waals surface area contributed by atoms with E-state index >= 15 is 0 Å². The van der Waals surface area contributed by atoms with Crippen LogP contribution >= 0.6 is 0 Å². The van der Waals surface area contributed by atoms with Crippen molar-refractivity contribution in [3.05, 3.63) is 35.9 Å². The Labute approximate surface area is 122 Å². The molecule has 0 spiro atoms. The lowest BCUT2D eigenvalue weighted by Crippen LogP contribution is -2.34. The Kier molecular flexibility index (Phi) is 7.09. The van der Waals surface area contributed by atoms with Crippen molar-refractivity contribution in [1.29, 1.82) is 0 Å². The van der Waals surface area contributed by atoms with E-state index in [0.29, 0.717) is 18.4 Å². The van der Waals surface area contributed by atoms with E-state index in [4.69, 9.17) is 10.9 Å². The Bertz CT molecular complexity index is 405. The first-order chi connectivity index (χ1) is 9.56. The second-order valence-corrected chi connectivity index (χ2v) is 5.58. The van der Waals surface area contributed by atoms with Crippen molar-refractivity contribution in [1.82, 2.24) is 5.32 Å². The molecule has 0 saturated heterocycles. The van der Waals surface area contributed by atoms with Crippen molar-refractivity contribution < 1.29 is 5.21 Å². The molecule has 0 radical (unpaired) electrons. The lowest BCUT2D eigenvalue weighted by Gasteiger charge is -2.25. The summed E-state index contributed by atoms with van der Waals surface area (Å²) in [5.74, 6) is 0.944. The Morgan fingerprint density at radius 1 is 1.30 bits per heavy atom. The first kappa shape index (κ1) is 16.5. The average Bonchev–Trinajstić information content (AvgIpc) is 2.47. The first-order valence-corrected chi connectivity index (χ1v) is 7.34. The van der Waals surface area contributed by atoms with Gasteiger partial charge in [-0.3, -0.25) is 0 Å². The van der Waals surface area contributed by atoms with Gasteiger partial charge >= 0.3 is 0 Å². The quantitative estimate of drug-likeness (QED) is 0.295. The summed E-state index contributed by atoms with van der Waals surface area (Å²) in [4.78, 5) is 0. The zero-order chi connectivity index (χ0) is 15.0. The lowest BCUT2D eigenvalue weighted by molar-refractivity contribution is 0.314. The van der Waals surface area contributed by atoms with Crippen LogP contribution in [-0.2, 0) is 0 Å². The van der Waals surface area contributed by atoms with E-state index in [9.17, 15) is 0 Å². The maximum atomic E-state index is 8.78. The largest absolute Gasteiger partial charge is 0.409 e. The Hall–Kier alpha value is -1.55. The van der Waals surface area contributed by atoms with Crippen molar-refractivity contribution in [3.8, 4) is 0 Å². The van der Waals surface area contributed by atoms with Gasteiger partial charge in [-0.15, -0.1) is 0 Å². The maximum Gasteiger partial charge on any atom is 0.141 e. The SMILES string of the molecule is CCC(C)CC(C)NC(CC(N)=NO)c1ccccc1. The Morgan fingerprint density at radius 2 is 1.95 bits per heavy atom. The molecule has 0 bridgehead atoms. The fraction of sp³-hybridized carbons (Fsp3) is 0.562. The smallest absolute Gasteiger partial charge is 0.141 e. The highest BCUT2D eigenvalue weighted by Gasteiger charge is 2.17. The standard InChI is InChI=1S/C16H27N3O/c1-4-12(2)10-13(3)18-15(11-16(17)19-20)14-8-6-5-7-9-14/h5-9,12-13,15,18,20H,4,10-11H2,1-3H3,(H2,17,19). The van der Waals surface area contributed by atoms with Crippen LogP contribution < -0.4 is 11.1 Å². The second-order valence-electron chi connectivity index (χ2n) is 5.58. The van der Waals surface area contributed by atoms with E-state index < -0.39 is 0 Å². The maximum absolute atomic E-state index is 8.78.